The molecule has 2 aliphatic rings. The zero-order valence-electron chi connectivity index (χ0n) is 11.3. The Morgan fingerprint density at radius 2 is 2.05 bits per heavy atom. The maximum atomic E-state index is 12.6. The molecule has 5 nitrogen and oxygen atoms in total. The van der Waals surface area contributed by atoms with Crippen molar-refractivity contribution in [3.8, 4) is 0 Å². The average molecular weight is 297 g/mol. The first kappa shape index (κ1) is 13.5. The molecule has 6 heteroatoms. The van der Waals surface area contributed by atoms with E-state index in [1.165, 1.54) is 0 Å². The summed E-state index contributed by atoms with van der Waals surface area (Å²) in [5, 5.41) is 9.70. The van der Waals surface area contributed by atoms with Crippen LogP contribution in [0.25, 0.3) is 0 Å². The smallest absolute Gasteiger partial charge is 0.308 e. The van der Waals surface area contributed by atoms with Gasteiger partial charge in [-0.2, -0.15) is 0 Å². The lowest BCUT2D eigenvalue weighted by Crippen LogP contribution is -2.38. The number of amides is 1. The number of likely N-dealkylation sites (tertiary alicyclic amines) is 1. The number of hydrogen-bond acceptors (Lipinski definition) is 2. The van der Waals surface area contributed by atoms with Crippen LogP contribution in [0.5, 0.6) is 0 Å². The first-order valence-electron chi connectivity index (χ1n) is 6.90. The Kier molecular flexibility index (Phi) is 3.24. The van der Waals surface area contributed by atoms with Gasteiger partial charge in [-0.3, -0.25) is 9.59 Å². The van der Waals surface area contributed by atoms with Gasteiger partial charge >= 0.3 is 5.97 Å². The molecule has 1 amide bonds. The molecular formula is C14H17ClN2O3. The van der Waals surface area contributed by atoms with Crippen LogP contribution in [0.4, 0.5) is 0 Å². The molecule has 108 valence electrons. The largest absolute Gasteiger partial charge is 0.481 e. The molecule has 0 aromatic carbocycles. The quantitative estimate of drug-likeness (QED) is 0.931. The minimum absolute atomic E-state index is 0.111. The van der Waals surface area contributed by atoms with Gasteiger partial charge in [-0.1, -0.05) is 11.6 Å². The lowest BCUT2D eigenvalue weighted by Gasteiger charge is -2.23. The highest BCUT2D eigenvalue weighted by molar-refractivity contribution is 6.31. The predicted molar refractivity (Wildman–Crippen MR) is 74.0 cm³/mol. The topological polar surface area (TPSA) is 62.5 Å². The second-order valence-corrected chi connectivity index (χ2v) is 6.09. The van der Waals surface area contributed by atoms with Gasteiger partial charge in [-0.05, 0) is 32.3 Å². The van der Waals surface area contributed by atoms with E-state index in [0.29, 0.717) is 29.7 Å². The monoisotopic (exact) mass is 296 g/mol. The minimum atomic E-state index is -0.830. The van der Waals surface area contributed by atoms with Crippen LogP contribution >= 0.6 is 11.6 Å². The Bertz CT molecular complexity index is 565. The summed E-state index contributed by atoms with van der Waals surface area (Å²) >= 11 is 6.02. The molecule has 1 aliphatic carbocycles. The molecule has 1 aromatic heterocycles. The van der Waals surface area contributed by atoms with E-state index in [4.69, 9.17) is 16.7 Å². The van der Waals surface area contributed by atoms with E-state index in [1.807, 2.05) is 4.57 Å². The molecule has 2 unspecified atom stereocenters. The fraction of sp³-hybridized carbons (Fsp3) is 0.571. The van der Waals surface area contributed by atoms with Gasteiger partial charge < -0.3 is 14.6 Å². The second kappa shape index (κ2) is 4.81. The van der Waals surface area contributed by atoms with Crippen molar-refractivity contribution in [1.29, 1.82) is 0 Å². The van der Waals surface area contributed by atoms with Crippen LogP contribution in [-0.2, 0) is 4.79 Å². The molecule has 1 N–H and O–H groups in total. The number of carbonyl (C=O) groups excluding carboxylic acids is 1. The van der Waals surface area contributed by atoms with E-state index in [-0.39, 0.29) is 11.9 Å². The highest BCUT2D eigenvalue weighted by Crippen LogP contribution is 2.38. The first-order valence-corrected chi connectivity index (χ1v) is 7.28. The van der Waals surface area contributed by atoms with Crippen LogP contribution in [0.15, 0.2) is 12.3 Å². The van der Waals surface area contributed by atoms with Crippen molar-refractivity contribution < 1.29 is 14.7 Å². The summed E-state index contributed by atoms with van der Waals surface area (Å²) < 4.78 is 1.94. The molecule has 1 saturated carbocycles. The van der Waals surface area contributed by atoms with Gasteiger partial charge in [-0.15, -0.1) is 0 Å². The Hall–Kier alpha value is -1.49. The summed E-state index contributed by atoms with van der Waals surface area (Å²) in [6, 6.07) is 1.78. The van der Waals surface area contributed by atoms with Gasteiger partial charge in [0.05, 0.1) is 10.9 Å². The van der Waals surface area contributed by atoms with Crippen molar-refractivity contribution in [1.82, 2.24) is 9.47 Å². The van der Waals surface area contributed by atoms with Crippen molar-refractivity contribution in [2.45, 2.75) is 38.3 Å². The number of nitrogens with zero attached hydrogens (tertiary/aromatic N) is 2. The van der Waals surface area contributed by atoms with E-state index in [9.17, 15) is 9.59 Å². The van der Waals surface area contributed by atoms with Crippen LogP contribution in [0.2, 0.25) is 5.02 Å². The molecule has 20 heavy (non-hydrogen) atoms. The molecule has 2 fully saturated rings. The van der Waals surface area contributed by atoms with Crippen molar-refractivity contribution in [2.75, 3.05) is 6.54 Å². The van der Waals surface area contributed by atoms with Crippen molar-refractivity contribution in [3.05, 3.63) is 23.0 Å². The van der Waals surface area contributed by atoms with Gasteiger partial charge in [0.15, 0.2) is 0 Å². The Morgan fingerprint density at radius 1 is 1.35 bits per heavy atom. The van der Waals surface area contributed by atoms with Crippen LogP contribution in [0, 0.1) is 5.92 Å². The molecule has 2 heterocycles. The lowest BCUT2D eigenvalue weighted by molar-refractivity contribution is -0.142. The van der Waals surface area contributed by atoms with Crippen LogP contribution in [0.1, 0.15) is 42.7 Å². The molecule has 0 radical (unpaired) electrons. The summed E-state index contributed by atoms with van der Waals surface area (Å²) in [5.41, 5.74) is 0.579. The first-order chi connectivity index (χ1) is 9.49. The van der Waals surface area contributed by atoms with Gasteiger partial charge in [0.2, 0.25) is 0 Å². The number of hydrogen-bond donors (Lipinski definition) is 1. The van der Waals surface area contributed by atoms with Gasteiger partial charge in [-0.25, -0.2) is 0 Å². The third kappa shape index (κ3) is 2.20. The van der Waals surface area contributed by atoms with E-state index in [1.54, 1.807) is 24.1 Å². The second-order valence-electron chi connectivity index (χ2n) is 5.65. The summed E-state index contributed by atoms with van der Waals surface area (Å²) in [6.07, 6.45) is 4.44. The molecule has 0 spiro atoms. The fourth-order valence-corrected chi connectivity index (χ4v) is 3.18. The number of aliphatic carboxylic acids is 1. The maximum Gasteiger partial charge on any atom is 0.308 e. The molecular weight excluding hydrogens is 280 g/mol. The minimum Gasteiger partial charge on any atom is -0.481 e. The lowest BCUT2D eigenvalue weighted by atomic mass is 10.0. The van der Waals surface area contributed by atoms with E-state index >= 15 is 0 Å². The number of carboxylic acid groups (broad SMARTS) is 1. The third-order valence-corrected chi connectivity index (χ3v) is 4.51. The Morgan fingerprint density at radius 3 is 2.60 bits per heavy atom. The van der Waals surface area contributed by atoms with Crippen LogP contribution < -0.4 is 0 Å². The van der Waals surface area contributed by atoms with E-state index < -0.39 is 11.9 Å². The summed E-state index contributed by atoms with van der Waals surface area (Å²) in [4.78, 5) is 25.4. The summed E-state index contributed by atoms with van der Waals surface area (Å²) in [6.45, 7) is 2.29. The van der Waals surface area contributed by atoms with Crippen molar-refractivity contribution in [3.63, 3.8) is 0 Å². The molecule has 3 rings (SSSR count). The molecule has 1 aliphatic heterocycles. The fourth-order valence-electron chi connectivity index (χ4n) is 2.98. The number of carboxylic acids is 1. The highest BCUT2D eigenvalue weighted by atomic mass is 35.5. The SMILES string of the molecule is CC1C(C(=O)O)CCN1C(=O)c1cc(Cl)cn1C1CC1. The molecule has 1 saturated heterocycles. The summed E-state index contributed by atoms with van der Waals surface area (Å²) in [7, 11) is 0. The Balaban J connectivity index is 1.84. The van der Waals surface area contributed by atoms with Crippen LogP contribution in [0.3, 0.4) is 0 Å². The zero-order valence-corrected chi connectivity index (χ0v) is 12.0. The number of carbonyl (C=O) groups is 2. The highest BCUT2D eigenvalue weighted by Gasteiger charge is 2.40. The normalized spacial score (nSPS) is 26.0. The maximum absolute atomic E-state index is 12.6. The predicted octanol–water partition coefficient (Wildman–Crippen LogP) is 2.41. The van der Waals surface area contributed by atoms with Gasteiger partial charge in [0.25, 0.3) is 5.91 Å². The van der Waals surface area contributed by atoms with Crippen molar-refractivity contribution >= 4 is 23.5 Å². The molecule has 1 aromatic rings. The van der Waals surface area contributed by atoms with Gasteiger partial charge in [0, 0.05) is 24.8 Å². The zero-order chi connectivity index (χ0) is 14.4. The molecule has 0 bridgehead atoms. The molecule has 2 atom stereocenters. The summed E-state index contributed by atoms with van der Waals surface area (Å²) in [5.74, 6) is -1.41. The van der Waals surface area contributed by atoms with E-state index in [0.717, 1.165) is 12.8 Å². The third-order valence-electron chi connectivity index (χ3n) is 4.31. The standard InChI is InChI=1S/C14H17ClN2O3/c1-8-11(14(19)20)4-5-16(8)13(18)12-6-9(15)7-17(12)10-2-3-10/h6-8,10-11H,2-5H2,1H3,(H,19,20). The number of halogens is 1. The van der Waals surface area contributed by atoms with Crippen molar-refractivity contribution in [2.24, 2.45) is 5.92 Å². The number of aromatic nitrogens is 1. The Labute approximate surface area is 122 Å². The van der Waals surface area contributed by atoms with Gasteiger partial charge in [0.1, 0.15) is 5.69 Å². The van der Waals surface area contributed by atoms with Crippen LogP contribution in [-0.4, -0.2) is 39.0 Å². The number of rotatable bonds is 3. The average Bonchev–Trinajstić information content (AvgIpc) is 3.05. The van der Waals surface area contributed by atoms with E-state index in [2.05, 4.69) is 0 Å².